The average Bonchev–Trinajstić information content (AvgIpc) is 2.59. The lowest BCUT2D eigenvalue weighted by Crippen LogP contribution is -2.47. The molecular formula is C17H18N2O5S. The van der Waals surface area contributed by atoms with Crippen molar-refractivity contribution >= 4 is 21.7 Å². The van der Waals surface area contributed by atoms with Gasteiger partial charge in [-0.1, -0.05) is 18.2 Å². The van der Waals surface area contributed by atoms with Gasteiger partial charge in [-0.05, 0) is 43.3 Å². The van der Waals surface area contributed by atoms with E-state index in [2.05, 4.69) is 10.9 Å². The van der Waals surface area contributed by atoms with Gasteiger partial charge in [0.1, 0.15) is 5.75 Å². The normalized spacial score (nSPS) is 12.1. The Hall–Kier alpha value is -2.87. The van der Waals surface area contributed by atoms with Gasteiger partial charge in [0.05, 0.1) is 4.90 Å². The van der Waals surface area contributed by atoms with Crippen molar-refractivity contribution in [3.63, 3.8) is 0 Å². The molecule has 0 aliphatic carbocycles. The molecule has 0 saturated carbocycles. The predicted molar refractivity (Wildman–Crippen MR) is 91.7 cm³/mol. The lowest BCUT2D eigenvalue weighted by atomic mass is 10.2. The van der Waals surface area contributed by atoms with Crippen molar-refractivity contribution in [1.29, 1.82) is 0 Å². The van der Waals surface area contributed by atoms with Gasteiger partial charge in [0, 0.05) is 11.8 Å². The van der Waals surface area contributed by atoms with Gasteiger partial charge in [-0.3, -0.25) is 20.4 Å². The van der Waals surface area contributed by atoms with Crippen LogP contribution in [-0.4, -0.2) is 32.6 Å². The second-order valence-corrected chi connectivity index (χ2v) is 7.33. The molecule has 0 bridgehead atoms. The minimum atomic E-state index is -3.33. The number of nitrogens with one attached hydrogen (secondary N) is 2. The molecule has 0 heterocycles. The Morgan fingerprint density at radius 1 is 0.960 bits per heavy atom. The number of sulfone groups is 1. The van der Waals surface area contributed by atoms with Crippen LogP contribution >= 0.6 is 0 Å². The molecule has 0 spiro atoms. The average molecular weight is 362 g/mol. The highest BCUT2D eigenvalue weighted by Gasteiger charge is 2.16. The number of carbonyl (C=O) groups excluding carboxylic acids is 2. The smallest absolute Gasteiger partial charge is 0.279 e. The van der Waals surface area contributed by atoms with E-state index in [9.17, 15) is 18.0 Å². The number of rotatable bonds is 5. The summed E-state index contributed by atoms with van der Waals surface area (Å²) >= 11 is 0. The topological polar surface area (TPSA) is 102 Å². The Bertz CT molecular complexity index is 848. The SMILES string of the molecule is CC(Oc1ccccc1)C(=O)NNC(=O)c1ccc(S(C)(=O)=O)cc1. The van der Waals surface area contributed by atoms with Gasteiger partial charge in [0.25, 0.3) is 11.8 Å². The number of hydrogen-bond acceptors (Lipinski definition) is 5. The van der Waals surface area contributed by atoms with Crippen molar-refractivity contribution in [1.82, 2.24) is 10.9 Å². The van der Waals surface area contributed by atoms with E-state index >= 15 is 0 Å². The number of ether oxygens (including phenoxy) is 1. The van der Waals surface area contributed by atoms with Gasteiger partial charge >= 0.3 is 0 Å². The summed E-state index contributed by atoms with van der Waals surface area (Å²) in [6, 6.07) is 14.2. The molecule has 25 heavy (non-hydrogen) atoms. The summed E-state index contributed by atoms with van der Waals surface area (Å²) < 4.78 is 28.2. The van der Waals surface area contributed by atoms with Crippen molar-refractivity contribution in [3.05, 3.63) is 60.2 Å². The molecule has 2 N–H and O–H groups in total. The highest BCUT2D eigenvalue weighted by atomic mass is 32.2. The van der Waals surface area contributed by atoms with Crippen molar-refractivity contribution in [3.8, 4) is 5.75 Å². The highest BCUT2D eigenvalue weighted by molar-refractivity contribution is 7.90. The number of hydrazine groups is 1. The molecule has 0 aliphatic heterocycles. The van der Waals surface area contributed by atoms with Crippen LogP contribution in [0, 0.1) is 0 Å². The summed E-state index contributed by atoms with van der Waals surface area (Å²) in [6.45, 7) is 1.55. The van der Waals surface area contributed by atoms with Gasteiger partial charge in [0.15, 0.2) is 15.9 Å². The number of benzene rings is 2. The summed E-state index contributed by atoms with van der Waals surface area (Å²) in [4.78, 5) is 24.0. The van der Waals surface area contributed by atoms with Crippen LogP contribution in [0.5, 0.6) is 5.75 Å². The fourth-order valence-corrected chi connectivity index (χ4v) is 2.53. The quantitative estimate of drug-likeness (QED) is 0.781. The zero-order valence-electron chi connectivity index (χ0n) is 13.7. The van der Waals surface area contributed by atoms with Gasteiger partial charge < -0.3 is 4.74 Å². The van der Waals surface area contributed by atoms with Crippen LogP contribution in [0.3, 0.4) is 0 Å². The largest absolute Gasteiger partial charge is 0.481 e. The maximum atomic E-state index is 12.0. The van der Waals surface area contributed by atoms with E-state index < -0.39 is 27.8 Å². The maximum Gasteiger partial charge on any atom is 0.279 e. The van der Waals surface area contributed by atoms with E-state index in [1.807, 2.05) is 6.07 Å². The highest BCUT2D eigenvalue weighted by Crippen LogP contribution is 2.11. The van der Waals surface area contributed by atoms with Crippen LogP contribution < -0.4 is 15.6 Å². The second kappa shape index (κ2) is 7.80. The van der Waals surface area contributed by atoms with Crippen LogP contribution in [0.25, 0.3) is 0 Å². The Morgan fingerprint density at radius 2 is 1.56 bits per heavy atom. The Kier molecular flexibility index (Phi) is 5.76. The number of amides is 2. The van der Waals surface area contributed by atoms with Crippen LogP contribution in [0.2, 0.25) is 0 Å². The molecule has 2 aromatic rings. The summed E-state index contributed by atoms with van der Waals surface area (Å²) in [5.74, 6) is -0.557. The van der Waals surface area contributed by atoms with Gasteiger partial charge in [0.2, 0.25) is 0 Å². The molecule has 1 unspecified atom stereocenters. The predicted octanol–water partition coefficient (Wildman–Crippen LogP) is 1.32. The summed E-state index contributed by atoms with van der Waals surface area (Å²) in [7, 11) is -3.33. The third-order valence-corrected chi connectivity index (χ3v) is 4.40. The minimum Gasteiger partial charge on any atom is -0.481 e. The first-order valence-corrected chi connectivity index (χ1v) is 9.28. The Labute approximate surface area is 145 Å². The number of hydrogen-bond donors (Lipinski definition) is 2. The molecule has 0 radical (unpaired) electrons. The second-order valence-electron chi connectivity index (χ2n) is 5.31. The summed E-state index contributed by atoms with van der Waals surface area (Å²) in [5, 5.41) is 0. The first-order chi connectivity index (χ1) is 11.8. The van der Waals surface area contributed by atoms with Crippen LogP contribution in [0.4, 0.5) is 0 Å². The van der Waals surface area contributed by atoms with Crippen LogP contribution in [0.1, 0.15) is 17.3 Å². The van der Waals surface area contributed by atoms with E-state index in [-0.39, 0.29) is 10.5 Å². The lowest BCUT2D eigenvalue weighted by Gasteiger charge is -2.15. The Balaban J connectivity index is 1.89. The third kappa shape index (κ3) is 5.32. The lowest BCUT2D eigenvalue weighted by molar-refractivity contribution is -0.128. The fraction of sp³-hybridized carbons (Fsp3) is 0.176. The molecule has 0 aromatic heterocycles. The van der Waals surface area contributed by atoms with Crippen LogP contribution in [-0.2, 0) is 14.6 Å². The third-order valence-electron chi connectivity index (χ3n) is 3.27. The molecule has 2 aromatic carbocycles. The van der Waals surface area contributed by atoms with E-state index in [0.29, 0.717) is 5.75 Å². The minimum absolute atomic E-state index is 0.109. The zero-order valence-corrected chi connectivity index (χ0v) is 14.5. The maximum absolute atomic E-state index is 12.0. The van der Waals surface area contributed by atoms with Gasteiger partial charge in [-0.25, -0.2) is 8.42 Å². The van der Waals surface area contributed by atoms with Crippen molar-refractivity contribution in [2.24, 2.45) is 0 Å². The van der Waals surface area contributed by atoms with E-state index in [1.165, 1.54) is 24.3 Å². The monoisotopic (exact) mass is 362 g/mol. The van der Waals surface area contributed by atoms with Crippen molar-refractivity contribution in [2.45, 2.75) is 17.9 Å². The fourth-order valence-electron chi connectivity index (χ4n) is 1.90. The van der Waals surface area contributed by atoms with Crippen molar-refractivity contribution in [2.75, 3.05) is 6.26 Å². The molecule has 7 nitrogen and oxygen atoms in total. The van der Waals surface area contributed by atoms with E-state index in [0.717, 1.165) is 6.26 Å². The molecule has 1 atom stereocenters. The first kappa shape index (κ1) is 18.5. The molecule has 2 amide bonds. The van der Waals surface area contributed by atoms with Gasteiger partial charge in [-0.2, -0.15) is 0 Å². The Morgan fingerprint density at radius 3 is 2.12 bits per heavy atom. The zero-order chi connectivity index (χ0) is 18.4. The molecular weight excluding hydrogens is 344 g/mol. The van der Waals surface area contributed by atoms with Crippen LogP contribution in [0.15, 0.2) is 59.5 Å². The van der Waals surface area contributed by atoms with E-state index in [4.69, 9.17) is 4.74 Å². The summed E-state index contributed by atoms with van der Waals surface area (Å²) in [5.41, 5.74) is 4.73. The van der Waals surface area contributed by atoms with Crippen molar-refractivity contribution < 1.29 is 22.7 Å². The molecule has 2 rings (SSSR count). The molecule has 8 heteroatoms. The van der Waals surface area contributed by atoms with Gasteiger partial charge in [-0.15, -0.1) is 0 Å². The number of carbonyl (C=O) groups is 2. The molecule has 0 saturated heterocycles. The number of para-hydroxylation sites is 1. The molecule has 132 valence electrons. The molecule has 0 aliphatic rings. The molecule has 0 fully saturated rings. The van der Waals surface area contributed by atoms with E-state index in [1.54, 1.807) is 31.2 Å². The first-order valence-electron chi connectivity index (χ1n) is 7.39. The summed E-state index contributed by atoms with van der Waals surface area (Å²) in [6.07, 6.45) is 0.270. The standard InChI is InChI=1S/C17H18N2O5S/c1-12(24-14-6-4-3-5-7-14)16(20)18-19-17(21)13-8-10-15(11-9-13)25(2,22)23/h3-12H,1-2H3,(H,18,20)(H,19,21).